The largest absolute Gasteiger partial charge is 0.496 e. The molecule has 5 rings (SSSR count). The molecular weight excluding hydrogens is 457 g/mol. The summed E-state index contributed by atoms with van der Waals surface area (Å²) < 4.78 is 25.1. The van der Waals surface area contributed by atoms with Gasteiger partial charge in [-0.25, -0.2) is 14.2 Å². The van der Waals surface area contributed by atoms with Crippen molar-refractivity contribution in [1.29, 1.82) is 0 Å². The Morgan fingerprint density at radius 3 is 2.56 bits per heavy atom. The summed E-state index contributed by atoms with van der Waals surface area (Å²) in [7, 11) is 1.60. The molecule has 1 N–H and O–H groups in total. The van der Waals surface area contributed by atoms with E-state index in [-0.39, 0.29) is 17.3 Å². The number of fused-ring (bicyclic) bond motifs is 1. The molecule has 0 atom stereocenters. The minimum atomic E-state index is -0.469. The van der Waals surface area contributed by atoms with E-state index in [1.807, 2.05) is 31.7 Å². The number of amides is 1. The number of pyridine rings is 1. The van der Waals surface area contributed by atoms with Crippen LogP contribution in [0.4, 0.5) is 9.18 Å². The number of halogens is 1. The zero-order chi connectivity index (χ0) is 25.5. The maximum Gasteiger partial charge on any atom is 0.410 e. The lowest BCUT2D eigenvalue weighted by atomic mass is 9.68. The van der Waals surface area contributed by atoms with Crippen molar-refractivity contribution >= 4 is 22.7 Å². The van der Waals surface area contributed by atoms with Gasteiger partial charge in [0.25, 0.3) is 0 Å². The van der Waals surface area contributed by atoms with Crippen molar-refractivity contribution in [2.24, 2.45) is 5.41 Å². The van der Waals surface area contributed by atoms with E-state index in [4.69, 9.17) is 9.47 Å². The van der Waals surface area contributed by atoms with Crippen LogP contribution in [0.25, 0.3) is 27.7 Å². The van der Waals surface area contributed by atoms with E-state index in [0.29, 0.717) is 11.3 Å². The van der Waals surface area contributed by atoms with Gasteiger partial charge in [-0.2, -0.15) is 0 Å². The first kappa shape index (κ1) is 24.3. The van der Waals surface area contributed by atoms with E-state index in [9.17, 15) is 9.18 Å². The minimum absolute atomic E-state index is 0.208. The molecule has 2 aromatic heterocycles. The van der Waals surface area contributed by atoms with E-state index in [2.05, 4.69) is 22.1 Å². The Bertz CT molecular complexity index is 1310. The number of aromatic nitrogens is 2. The standard InChI is InChI=1S/C29H34FN3O3/c1-28(2,3)36-27(34)33-15-12-29(13-16-33)10-7-19(8-11-29)24-18-23-21(9-14-31-26(23)32-24)22-17-20(30)5-6-25(22)35-4/h5-7,9,14,17-18H,8,10-13,15-16H2,1-4H3,(H,31,32). The van der Waals surface area contributed by atoms with Crippen molar-refractivity contribution in [1.82, 2.24) is 14.9 Å². The van der Waals surface area contributed by atoms with Crippen LogP contribution in [0.15, 0.2) is 42.6 Å². The number of ether oxygens (including phenoxy) is 2. The number of aromatic amines is 1. The number of likely N-dealkylation sites (tertiary alicyclic amines) is 1. The lowest BCUT2D eigenvalue weighted by Crippen LogP contribution is -2.45. The second-order valence-electron chi connectivity index (χ2n) is 11.0. The highest BCUT2D eigenvalue weighted by Crippen LogP contribution is 2.46. The Labute approximate surface area is 211 Å². The second kappa shape index (κ2) is 9.26. The van der Waals surface area contributed by atoms with E-state index >= 15 is 0 Å². The number of allylic oxidation sites excluding steroid dienone is 2. The molecule has 190 valence electrons. The highest BCUT2D eigenvalue weighted by Gasteiger charge is 2.38. The number of rotatable bonds is 3. The van der Waals surface area contributed by atoms with Crippen LogP contribution in [0, 0.1) is 11.2 Å². The third-order valence-electron chi connectivity index (χ3n) is 7.51. The number of carbonyl (C=O) groups excluding carboxylic acids is 1. The molecule has 36 heavy (non-hydrogen) atoms. The smallest absolute Gasteiger partial charge is 0.410 e. The second-order valence-corrected chi connectivity index (χ2v) is 11.0. The summed E-state index contributed by atoms with van der Waals surface area (Å²) in [5.41, 5.74) is 4.49. The van der Waals surface area contributed by atoms with Crippen LogP contribution >= 0.6 is 0 Å². The monoisotopic (exact) mass is 491 g/mol. The van der Waals surface area contributed by atoms with Crippen molar-refractivity contribution in [3.8, 4) is 16.9 Å². The molecule has 0 bridgehead atoms. The SMILES string of the molecule is COc1ccc(F)cc1-c1ccnc2[nH]c(C3=CCC4(CC3)CCN(C(=O)OC(C)(C)C)CC4)cc12. The summed E-state index contributed by atoms with van der Waals surface area (Å²) in [6.07, 6.45) is 8.93. The molecule has 1 spiro atoms. The van der Waals surface area contributed by atoms with Crippen molar-refractivity contribution in [2.75, 3.05) is 20.2 Å². The molecule has 3 heterocycles. The van der Waals surface area contributed by atoms with Crippen LogP contribution < -0.4 is 4.74 Å². The number of methoxy groups -OCH3 is 1. The van der Waals surface area contributed by atoms with Crippen LogP contribution in [0.5, 0.6) is 5.75 Å². The van der Waals surface area contributed by atoms with Crippen LogP contribution in [0.2, 0.25) is 0 Å². The van der Waals surface area contributed by atoms with Crippen LogP contribution in [0.1, 0.15) is 58.6 Å². The predicted octanol–water partition coefficient (Wildman–Crippen LogP) is 6.96. The first-order valence-corrected chi connectivity index (χ1v) is 12.7. The summed E-state index contributed by atoms with van der Waals surface area (Å²) >= 11 is 0. The van der Waals surface area contributed by atoms with Gasteiger partial charge < -0.3 is 19.4 Å². The fourth-order valence-corrected chi connectivity index (χ4v) is 5.46. The summed E-state index contributed by atoms with van der Waals surface area (Å²) in [4.78, 5) is 22.3. The average Bonchev–Trinajstić information content (AvgIpc) is 3.28. The van der Waals surface area contributed by atoms with Gasteiger partial charge in [0, 0.05) is 35.9 Å². The molecule has 7 heteroatoms. The quantitative estimate of drug-likeness (QED) is 0.430. The van der Waals surface area contributed by atoms with Gasteiger partial charge in [-0.05, 0) is 99.8 Å². The van der Waals surface area contributed by atoms with E-state index in [0.717, 1.165) is 67.5 Å². The fourth-order valence-electron chi connectivity index (χ4n) is 5.46. The van der Waals surface area contributed by atoms with E-state index in [1.54, 1.807) is 19.4 Å². The Hall–Kier alpha value is -3.35. The number of H-pyrrole nitrogens is 1. The average molecular weight is 492 g/mol. The first-order chi connectivity index (χ1) is 17.2. The molecule has 1 aromatic carbocycles. The number of hydrogen-bond donors (Lipinski definition) is 1. The number of nitrogens with zero attached hydrogens (tertiary/aromatic N) is 2. The Morgan fingerprint density at radius 1 is 1.11 bits per heavy atom. The van der Waals surface area contributed by atoms with E-state index < -0.39 is 5.60 Å². The number of benzene rings is 1. The zero-order valence-corrected chi connectivity index (χ0v) is 21.5. The van der Waals surface area contributed by atoms with Gasteiger partial charge in [0.2, 0.25) is 0 Å². The highest BCUT2D eigenvalue weighted by atomic mass is 19.1. The summed E-state index contributed by atoms with van der Waals surface area (Å²) in [6.45, 7) is 7.20. The normalized spacial score (nSPS) is 17.8. The van der Waals surface area contributed by atoms with Crippen LogP contribution in [-0.2, 0) is 4.74 Å². The first-order valence-electron chi connectivity index (χ1n) is 12.7. The molecule has 1 saturated heterocycles. The van der Waals surface area contributed by atoms with Gasteiger partial charge in [0.1, 0.15) is 22.8 Å². The summed E-state index contributed by atoms with van der Waals surface area (Å²) in [5.74, 6) is 0.327. The molecule has 0 saturated carbocycles. The Morgan fingerprint density at radius 2 is 1.89 bits per heavy atom. The number of hydrogen-bond acceptors (Lipinski definition) is 4. The fraction of sp³-hybridized carbons (Fsp3) is 0.448. The van der Waals surface area contributed by atoms with Crippen molar-refractivity contribution in [3.05, 3.63) is 54.1 Å². The van der Waals surface area contributed by atoms with Gasteiger partial charge in [-0.1, -0.05) is 6.08 Å². The van der Waals surface area contributed by atoms with Crippen LogP contribution in [-0.4, -0.2) is 46.8 Å². The molecule has 6 nitrogen and oxygen atoms in total. The van der Waals surface area contributed by atoms with Crippen molar-refractivity contribution < 1.29 is 18.7 Å². The molecule has 2 aliphatic rings. The van der Waals surface area contributed by atoms with E-state index in [1.165, 1.54) is 17.7 Å². The topological polar surface area (TPSA) is 67.5 Å². The maximum absolute atomic E-state index is 14.1. The molecule has 0 unspecified atom stereocenters. The highest BCUT2D eigenvalue weighted by molar-refractivity contribution is 5.96. The molecular formula is C29H34FN3O3. The number of carbonyl (C=O) groups is 1. The molecule has 0 radical (unpaired) electrons. The number of piperidine rings is 1. The molecule has 1 amide bonds. The lowest BCUT2D eigenvalue weighted by Gasteiger charge is -2.43. The van der Waals surface area contributed by atoms with Gasteiger partial charge in [0.15, 0.2) is 0 Å². The maximum atomic E-state index is 14.1. The van der Waals surface area contributed by atoms with Gasteiger partial charge in [-0.15, -0.1) is 0 Å². The van der Waals surface area contributed by atoms with Gasteiger partial charge >= 0.3 is 6.09 Å². The van der Waals surface area contributed by atoms with Crippen LogP contribution in [0.3, 0.4) is 0 Å². The third kappa shape index (κ3) is 4.84. The predicted molar refractivity (Wildman–Crippen MR) is 139 cm³/mol. The molecule has 1 fully saturated rings. The third-order valence-corrected chi connectivity index (χ3v) is 7.51. The number of nitrogens with one attached hydrogen (secondary N) is 1. The molecule has 3 aromatic rings. The van der Waals surface area contributed by atoms with Crippen molar-refractivity contribution in [2.45, 2.75) is 58.5 Å². The minimum Gasteiger partial charge on any atom is -0.496 e. The molecule has 1 aliphatic carbocycles. The Balaban J connectivity index is 1.34. The summed E-state index contributed by atoms with van der Waals surface area (Å²) in [5, 5.41) is 0.947. The van der Waals surface area contributed by atoms with Gasteiger partial charge in [-0.3, -0.25) is 0 Å². The van der Waals surface area contributed by atoms with Gasteiger partial charge in [0.05, 0.1) is 7.11 Å². The van der Waals surface area contributed by atoms with Crippen molar-refractivity contribution in [3.63, 3.8) is 0 Å². The zero-order valence-electron chi connectivity index (χ0n) is 21.5. The molecule has 1 aliphatic heterocycles. The lowest BCUT2D eigenvalue weighted by molar-refractivity contribution is 0.00896. The summed E-state index contributed by atoms with van der Waals surface area (Å²) in [6, 6.07) is 8.59. The Kier molecular flexibility index (Phi) is 6.27.